The smallest absolute Gasteiger partial charge is 0.233 e. The Kier molecular flexibility index (Phi) is 5.00. The number of sulfone groups is 1. The van der Waals surface area contributed by atoms with E-state index in [9.17, 15) is 13.2 Å². The van der Waals surface area contributed by atoms with Crippen LogP contribution in [0.3, 0.4) is 0 Å². The van der Waals surface area contributed by atoms with Crippen LogP contribution in [-0.2, 0) is 26.1 Å². The maximum Gasteiger partial charge on any atom is 0.233 e. The Morgan fingerprint density at radius 1 is 1.10 bits per heavy atom. The first-order chi connectivity index (χ1) is 13.9. The zero-order valence-corrected chi connectivity index (χ0v) is 17.2. The normalized spacial score (nSPS) is 15.7. The van der Waals surface area contributed by atoms with Crippen LogP contribution in [0.25, 0.3) is 5.69 Å². The molecule has 0 radical (unpaired) electrons. The minimum Gasteiger partial charge on any atom is -0.310 e. The number of nitrogens with zero attached hydrogens (tertiary/aromatic N) is 2. The molecule has 150 valence electrons. The molecule has 6 nitrogen and oxygen atoms in total. The Morgan fingerprint density at radius 2 is 1.79 bits per heavy atom. The summed E-state index contributed by atoms with van der Waals surface area (Å²) < 4.78 is 26.0. The highest BCUT2D eigenvalue weighted by Gasteiger charge is 2.34. The third-order valence-corrected chi connectivity index (χ3v) is 6.74. The fourth-order valence-electron chi connectivity index (χ4n) is 3.81. The van der Waals surface area contributed by atoms with Crippen LogP contribution in [-0.4, -0.2) is 24.1 Å². The fraction of sp³-hybridized carbons (Fsp3) is 0.273. The van der Waals surface area contributed by atoms with Crippen molar-refractivity contribution in [1.29, 1.82) is 0 Å². The number of carbonyl (C=O) groups is 1. The third kappa shape index (κ3) is 3.70. The van der Waals surface area contributed by atoms with E-state index in [4.69, 9.17) is 0 Å². The minimum absolute atomic E-state index is 0.0972. The Balaban J connectivity index is 1.76. The monoisotopic (exact) mass is 409 g/mol. The number of rotatable bonds is 5. The fourth-order valence-corrected chi connectivity index (χ4v) is 5.30. The summed E-state index contributed by atoms with van der Waals surface area (Å²) >= 11 is 0. The predicted molar refractivity (Wildman–Crippen MR) is 113 cm³/mol. The standard InChI is InChI=1S/C22H23N3O3S/c1-3-17(16-10-5-4-6-11-16)22(26)23-21-18-13-29(27,28)14-19(18)24-25(21)20-12-8-7-9-15(20)2/h4-12,17H,3,13-14H2,1-2H3,(H,23,26)/t17-/m0/s1. The van der Waals surface area contributed by atoms with E-state index in [2.05, 4.69) is 10.4 Å². The van der Waals surface area contributed by atoms with Crippen molar-refractivity contribution in [2.45, 2.75) is 37.7 Å². The first kappa shape index (κ1) is 19.4. The molecular formula is C22H23N3O3S. The van der Waals surface area contributed by atoms with Crippen LogP contribution in [0.15, 0.2) is 54.6 Å². The number of fused-ring (bicyclic) bond motifs is 1. The van der Waals surface area contributed by atoms with E-state index in [-0.39, 0.29) is 23.3 Å². The van der Waals surface area contributed by atoms with Gasteiger partial charge in [0.05, 0.1) is 28.8 Å². The number of benzene rings is 2. The van der Waals surface area contributed by atoms with Crippen molar-refractivity contribution < 1.29 is 13.2 Å². The van der Waals surface area contributed by atoms with Crippen molar-refractivity contribution >= 4 is 21.6 Å². The zero-order chi connectivity index (χ0) is 20.6. The molecule has 1 aliphatic heterocycles. The van der Waals surface area contributed by atoms with E-state index < -0.39 is 9.84 Å². The lowest BCUT2D eigenvalue weighted by molar-refractivity contribution is -0.117. The zero-order valence-electron chi connectivity index (χ0n) is 16.4. The van der Waals surface area contributed by atoms with Gasteiger partial charge in [0, 0.05) is 5.56 Å². The molecule has 2 heterocycles. The number of carbonyl (C=O) groups excluding carboxylic acids is 1. The summed E-state index contributed by atoms with van der Waals surface area (Å²) in [7, 11) is -3.23. The molecular weight excluding hydrogens is 386 g/mol. The summed E-state index contributed by atoms with van der Waals surface area (Å²) in [5, 5.41) is 7.55. The number of amides is 1. The molecule has 1 aliphatic rings. The lowest BCUT2D eigenvalue weighted by Crippen LogP contribution is -2.23. The molecule has 1 N–H and O–H groups in total. The number of hydrogen-bond donors (Lipinski definition) is 1. The van der Waals surface area contributed by atoms with E-state index in [0.717, 1.165) is 16.8 Å². The molecule has 1 amide bonds. The second-order valence-corrected chi connectivity index (χ2v) is 9.43. The Hall–Kier alpha value is -2.93. The van der Waals surface area contributed by atoms with Gasteiger partial charge in [0.1, 0.15) is 5.82 Å². The van der Waals surface area contributed by atoms with Crippen LogP contribution in [0.2, 0.25) is 0 Å². The van der Waals surface area contributed by atoms with Gasteiger partial charge in [-0.2, -0.15) is 5.10 Å². The first-order valence-corrected chi connectivity index (χ1v) is 11.4. The molecule has 0 bridgehead atoms. The largest absolute Gasteiger partial charge is 0.310 e. The number of nitrogens with one attached hydrogen (secondary N) is 1. The number of aryl methyl sites for hydroxylation is 1. The Bertz CT molecular complexity index is 1170. The summed E-state index contributed by atoms with van der Waals surface area (Å²) in [6.45, 7) is 3.92. The van der Waals surface area contributed by atoms with Crippen LogP contribution >= 0.6 is 0 Å². The van der Waals surface area contributed by atoms with Gasteiger partial charge in [-0.05, 0) is 30.5 Å². The molecule has 1 aromatic heterocycles. The van der Waals surface area contributed by atoms with Gasteiger partial charge >= 0.3 is 0 Å². The first-order valence-electron chi connectivity index (χ1n) is 9.62. The van der Waals surface area contributed by atoms with Gasteiger partial charge in [0.2, 0.25) is 5.91 Å². The molecule has 0 fully saturated rings. The molecule has 0 aliphatic carbocycles. The molecule has 29 heavy (non-hydrogen) atoms. The van der Waals surface area contributed by atoms with E-state index in [0.29, 0.717) is 23.5 Å². The summed E-state index contributed by atoms with van der Waals surface area (Å²) in [6, 6.07) is 17.3. The van der Waals surface area contributed by atoms with E-state index >= 15 is 0 Å². The number of para-hydroxylation sites is 1. The van der Waals surface area contributed by atoms with Gasteiger partial charge in [-0.1, -0.05) is 55.5 Å². The van der Waals surface area contributed by atoms with Crippen molar-refractivity contribution in [1.82, 2.24) is 9.78 Å². The van der Waals surface area contributed by atoms with E-state index in [1.54, 1.807) is 4.68 Å². The average molecular weight is 410 g/mol. The third-order valence-electron chi connectivity index (χ3n) is 5.30. The topological polar surface area (TPSA) is 81.1 Å². The predicted octanol–water partition coefficient (Wildman–Crippen LogP) is 3.74. The van der Waals surface area contributed by atoms with Gasteiger partial charge < -0.3 is 5.32 Å². The summed E-state index contributed by atoms with van der Waals surface area (Å²) in [4.78, 5) is 13.2. The van der Waals surface area contributed by atoms with Crippen LogP contribution in [0.5, 0.6) is 0 Å². The Labute approximate surface area is 170 Å². The van der Waals surface area contributed by atoms with Crippen molar-refractivity contribution in [2.24, 2.45) is 0 Å². The highest BCUT2D eigenvalue weighted by molar-refractivity contribution is 7.90. The SMILES string of the molecule is CC[C@H](C(=O)Nc1c2c(nn1-c1ccccc1C)CS(=O)(=O)C2)c1ccccc1. The average Bonchev–Trinajstić information content (AvgIpc) is 3.16. The van der Waals surface area contributed by atoms with Crippen LogP contribution in [0, 0.1) is 6.92 Å². The molecule has 0 saturated carbocycles. The molecule has 3 aromatic rings. The van der Waals surface area contributed by atoms with E-state index in [1.807, 2.05) is 68.4 Å². The van der Waals surface area contributed by atoms with Gasteiger partial charge in [0.15, 0.2) is 9.84 Å². The number of anilines is 1. The van der Waals surface area contributed by atoms with E-state index in [1.165, 1.54) is 0 Å². The van der Waals surface area contributed by atoms with Crippen molar-refractivity contribution in [2.75, 3.05) is 5.32 Å². The summed E-state index contributed by atoms with van der Waals surface area (Å²) in [6.07, 6.45) is 0.634. The summed E-state index contributed by atoms with van der Waals surface area (Å²) in [5.41, 5.74) is 3.84. The van der Waals surface area contributed by atoms with Crippen LogP contribution < -0.4 is 5.32 Å². The van der Waals surface area contributed by atoms with Crippen molar-refractivity contribution in [3.63, 3.8) is 0 Å². The number of aromatic nitrogens is 2. The second-order valence-electron chi connectivity index (χ2n) is 7.37. The van der Waals surface area contributed by atoms with Gasteiger partial charge in [0.25, 0.3) is 0 Å². The lowest BCUT2D eigenvalue weighted by Gasteiger charge is -2.18. The maximum absolute atomic E-state index is 13.2. The van der Waals surface area contributed by atoms with Gasteiger partial charge in [-0.3, -0.25) is 4.79 Å². The quantitative estimate of drug-likeness (QED) is 0.696. The minimum atomic E-state index is -3.23. The molecule has 1 atom stereocenters. The highest BCUT2D eigenvalue weighted by atomic mass is 32.2. The molecule has 0 unspecified atom stereocenters. The molecule has 4 rings (SSSR count). The second kappa shape index (κ2) is 7.48. The summed E-state index contributed by atoms with van der Waals surface area (Å²) in [5.74, 6) is -0.244. The molecule has 0 spiro atoms. The van der Waals surface area contributed by atoms with Gasteiger partial charge in [-0.15, -0.1) is 0 Å². The van der Waals surface area contributed by atoms with Crippen LogP contribution in [0.4, 0.5) is 5.82 Å². The molecule has 0 saturated heterocycles. The lowest BCUT2D eigenvalue weighted by atomic mass is 9.95. The number of hydrogen-bond acceptors (Lipinski definition) is 4. The highest BCUT2D eigenvalue weighted by Crippen LogP contribution is 2.34. The molecule has 7 heteroatoms. The van der Waals surface area contributed by atoms with Crippen molar-refractivity contribution in [3.8, 4) is 5.69 Å². The van der Waals surface area contributed by atoms with Crippen molar-refractivity contribution in [3.05, 3.63) is 77.0 Å². The molecule has 2 aromatic carbocycles. The maximum atomic E-state index is 13.2. The van der Waals surface area contributed by atoms with Crippen LogP contribution in [0.1, 0.15) is 41.6 Å². The Morgan fingerprint density at radius 3 is 2.48 bits per heavy atom. The van der Waals surface area contributed by atoms with Gasteiger partial charge in [-0.25, -0.2) is 13.1 Å².